The van der Waals surface area contributed by atoms with Crippen molar-refractivity contribution in [3.8, 4) is 11.5 Å². The highest BCUT2D eigenvalue weighted by atomic mass is 79.9. The molecule has 1 aliphatic heterocycles. The van der Waals surface area contributed by atoms with Gasteiger partial charge in [0.15, 0.2) is 0 Å². The third kappa shape index (κ3) is 2.28. The summed E-state index contributed by atoms with van der Waals surface area (Å²) >= 11 is 3.39. The Labute approximate surface area is 107 Å². The quantitative estimate of drug-likeness (QED) is 0.892. The number of hydrogen-bond donors (Lipinski definition) is 2. The molecule has 2 N–H and O–H groups in total. The number of aromatic nitrogens is 3. The van der Waals surface area contributed by atoms with E-state index in [1.807, 2.05) is 12.3 Å². The standard InChI is InChI=1S/C11H13BrN4O/c12-8-4-9(14-6-8)10-15-11(17-16-10)7-2-1-3-13-5-7/h4,6-7,13-14H,1-3,5H2/t7-/m0/s1. The molecule has 3 heterocycles. The summed E-state index contributed by atoms with van der Waals surface area (Å²) in [6, 6.07) is 1.94. The van der Waals surface area contributed by atoms with Crippen LogP contribution in [-0.2, 0) is 0 Å². The summed E-state index contributed by atoms with van der Waals surface area (Å²) in [5.41, 5.74) is 0.871. The Balaban J connectivity index is 1.82. The van der Waals surface area contributed by atoms with Crippen molar-refractivity contribution in [2.45, 2.75) is 18.8 Å². The minimum atomic E-state index is 0.350. The lowest BCUT2D eigenvalue weighted by Gasteiger charge is -2.18. The number of aromatic amines is 1. The zero-order valence-corrected chi connectivity index (χ0v) is 10.8. The molecule has 0 unspecified atom stereocenters. The maximum atomic E-state index is 5.33. The molecular weight excluding hydrogens is 284 g/mol. The van der Waals surface area contributed by atoms with Crippen LogP contribution in [0.15, 0.2) is 21.3 Å². The van der Waals surface area contributed by atoms with Crippen LogP contribution in [0.1, 0.15) is 24.7 Å². The summed E-state index contributed by atoms with van der Waals surface area (Å²) in [6.45, 7) is 2.01. The largest absolute Gasteiger partial charge is 0.357 e. The minimum Gasteiger partial charge on any atom is -0.357 e. The molecule has 0 amide bonds. The van der Waals surface area contributed by atoms with Gasteiger partial charge < -0.3 is 14.8 Å². The smallest absolute Gasteiger partial charge is 0.231 e. The van der Waals surface area contributed by atoms with E-state index in [1.165, 1.54) is 0 Å². The lowest BCUT2D eigenvalue weighted by molar-refractivity contribution is 0.322. The first-order valence-electron chi connectivity index (χ1n) is 5.71. The molecule has 1 aliphatic rings. The van der Waals surface area contributed by atoms with E-state index in [0.717, 1.165) is 42.0 Å². The third-order valence-corrected chi connectivity index (χ3v) is 3.43. The summed E-state index contributed by atoms with van der Waals surface area (Å²) in [5, 5.41) is 7.35. The molecule has 90 valence electrons. The topological polar surface area (TPSA) is 66.7 Å². The summed E-state index contributed by atoms with van der Waals surface area (Å²) in [6.07, 6.45) is 4.13. The van der Waals surface area contributed by atoms with E-state index in [0.29, 0.717) is 11.7 Å². The van der Waals surface area contributed by atoms with Crippen LogP contribution in [0.4, 0.5) is 0 Å². The second-order valence-corrected chi connectivity index (χ2v) is 5.15. The van der Waals surface area contributed by atoms with Gasteiger partial charge in [0, 0.05) is 17.2 Å². The fraction of sp³-hybridized carbons (Fsp3) is 0.455. The molecule has 2 aromatic rings. The van der Waals surface area contributed by atoms with Crippen molar-refractivity contribution in [2.75, 3.05) is 13.1 Å². The van der Waals surface area contributed by atoms with E-state index in [-0.39, 0.29) is 0 Å². The van der Waals surface area contributed by atoms with E-state index in [4.69, 9.17) is 4.52 Å². The van der Waals surface area contributed by atoms with Crippen molar-refractivity contribution >= 4 is 15.9 Å². The lowest BCUT2D eigenvalue weighted by atomic mass is 10.00. The molecule has 0 spiro atoms. The Morgan fingerprint density at radius 1 is 1.47 bits per heavy atom. The average molecular weight is 297 g/mol. The normalized spacial score (nSPS) is 20.6. The molecule has 6 heteroatoms. The van der Waals surface area contributed by atoms with Gasteiger partial charge in [0.1, 0.15) is 0 Å². The second-order valence-electron chi connectivity index (χ2n) is 4.23. The molecule has 0 bridgehead atoms. The summed E-state index contributed by atoms with van der Waals surface area (Å²) in [4.78, 5) is 7.54. The van der Waals surface area contributed by atoms with Crippen molar-refractivity contribution in [1.29, 1.82) is 0 Å². The zero-order chi connectivity index (χ0) is 11.7. The molecule has 0 saturated carbocycles. The Hall–Kier alpha value is -1.14. The molecule has 3 rings (SSSR count). The van der Waals surface area contributed by atoms with Crippen LogP contribution in [0.2, 0.25) is 0 Å². The van der Waals surface area contributed by atoms with Crippen LogP contribution >= 0.6 is 15.9 Å². The fourth-order valence-corrected chi connectivity index (χ4v) is 2.41. The van der Waals surface area contributed by atoms with Crippen LogP contribution in [0.25, 0.3) is 11.5 Å². The third-order valence-electron chi connectivity index (χ3n) is 2.98. The van der Waals surface area contributed by atoms with Gasteiger partial charge in [-0.15, -0.1) is 0 Å². The molecule has 0 aliphatic carbocycles. The van der Waals surface area contributed by atoms with Gasteiger partial charge in [-0.3, -0.25) is 0 Å². The molecule has 17 heavy (non-hydrogen) atoms. The number of hydrogen-bond acceptors (Lipinski definition) is 4. The molecule has 1 atom stereocenters. The Bertz CT molecular complexity index is 501. The van der Waals surface area contributed by atoms with Crippen LogP contribution < -0.4 is 5.32 Å². The number of nitrogens with one attached hydrogen (secondary N) is 2. The first-order chi connectivity index (χ1) is 8.33. The van der Waals surface area contributed by atoms with Gasteiger partial charge in [-0.05, 0) is 41.4 Å². The van der Waals surface area contributed by atoms with Crippen LogP contribution in [0, 0.1) is 0 Å². The van der Waals surface area contributed by atoms with Crippen molar-refractivity contribution in [3.63, 3.8) is 0 Å². The van der Waals surface area contributed by atoms with Crippen LogP contribution in [-0.4, -0.2) is 28.2 Å². The van der Waals surface area contributed by atoms with Crippen LogP contribution in [0.3, 0.4) is 0 Å². The van der Waals surface area contributed by atoms with Gasteiger partial charge in [-0.1, -0.05) is 5.16 Å². The number of piperidine rings is 1. The van der Waals surface area contributed by atoms with Crippen molar-refractivity contribution in [1.82, 2.24) is 20.4 Å². The monoisotopic (exact) mass is 296 g/mol. The van der Waals surface area contributed by atoms with E-state index < -0.39 is 0 Å². The van der Waals surface area contributed by atoms with E-state index >= 15 is 0 Å². The van der Waals surface area contributed by atoms with Crippen LogP contribution in [0.5, 0.6) is 0 Å². The van der Waals surface area contributed by atoms with Gasteiger partial charge in [0.25, 0.3) is 0 Å². The fourth-order valence-electron chi connectivity index (χ4n) is 2.07. The maximum absolute atomic E-state index is 5.33. The molecule has 1 fully saturated rings. The van der Waals surface area contributed by atoms with Gasteiger partial charge in [-0.2, -0.15) is 4.98 Å². The first kappa shape index (κ1) is 11.0. The molecule has 0 radical (unpaired) electrons. The Morgan fingerprint density at radius 3 is 3.12 bits per heavy atom. The van der Waals surface area contributed by atoms with Crippen molar-refractivity contribution in [3.05, 3.63) is 22.6 Å². The zero-order valence-electron chi connectivity index (χ0n) is 9.24. The minimum absolute atomic E-state index is 0.350. The maximum Gasteiger partial charge on any atom is 0.231 e. The number of rotatable bonds is 2. The molecule has 2 aromatic heterocycles. The highest BCUT2D eigenvalue weighted by Gasteiger charge is 2.21. The molecule has 0 aromatic carbocycles. The van der Waals surface area contributed by atoms with Gasteiger partial charge in [-0.25, -0.2) is 0 Å². The Morgan fingerprint density at radius 2 is 2.41 bits per heavy atom. The van der Waals surface area contributed by atoms with E-state index in [1.54, 1.807) is 0 Å². The highest BCUT2D eigenvalue weighted by Crippen LogP contribution is 2.25. The van der Waals surface area contributed by atoms with E-state index in [9.17, 15) is 0 Å². The van der Waals surface area contributed by atoms with Gasteiger partial charge >= 0.3 is 0 Å². The van der Waals surface area contributed by atoms with Crippen molar-refractivity contribution in [2.24, 2.45) is 0 Å². The highest BCUT2D eigenvalue weighted by molar-refractivity contribution is 9.10. The van der Waals surface area contributed by atoms with Gasteiger partial charge in [0.05, 0.1) is 11.6 Å². The first-order valence-corrected chi connectivity index (χ1v) is 6.51. The lowest BCUT2D eigenvalue weighted by Crippen LogP contribution is -2.28. The predicted molar refractivity (Wildman–Crippen MR) is 66.6 cm³/mol. The average Bonchev–Trinajstić information content (AvgIpc) is 2.98. The Kier molecular flexibility index (Phi) is 2.98. The number of H-pyrrole nitrogens is 1. The summed E-state index contributed by atoms with van der Waals surface area (Å²) in [5.74, 6) is 1.71. The van der Waals surface area contributed by atoms with Crippen molar-refractivity contribution < 1.29 is 4.52 Å². The van der Waals surface area contributed by atoms with E-state index in [2.05, 4.69) is 36.4 Å². The molecular formula is C11H13BrN4O. The predicted octanol–water partition coefficient (Wildman–Crippen LogP) is 2.29. The summed E-state index contributed by atoms with van der Waals surface area (Å²) in [7, 11) is 0. The molecule has 1 saturated heterocycles. The number of nitrogens with zero attached hydrogens (tertiary/aromatic N) is 2. The number of halogens is 1. The van der Waals surface area contributed by atoms with Gasteiger partial charge in [0.2, 0.25) is 11.7 Å². The summed E-state index contributed by atoms with van der Waals surface area (Å²) < 4.78 is 6.32. The SMILES string of the molecule is Brc1c[nH]c(-c2noc([C@H]3CCCNC3)n2)c1. The molecule has 5 nitrogen and oxygen atoms in total. The second kappa shape index (κ2) is 4.62.